The van der Waals surface area contributed by atoms with Crippen LogP contribution in [0.1, 0.15) is 23.8 Å². The molecule has 0 aliphatic carbocycles. The summed E-state index contributed by atoms with van der Waals surface area (Å²) in [6, 6.07) is 9.88. The summed E-state index contributed by atoms with van der Waals surface area (Å²) in [5.41, 5.74) is 0.879. The number of alkyl halides is 1. The number of rotatable bonds is 4. The fourth-order valence-corrected chi connectivity index (χ4v) is 2.92. The van der Waals surface area contributed by atoms with Gasteiger partial charge in [0, 0.05) is 19.1 Å². The zero-order valence-electron chi connectivity index (χ0n) is 11.6. The Labute approximate surface area is 120 Å². The van der Waals surface area contributed by atoms with Crippen LogP contribution in [-0.4, -0.2) is 48.9 Å². The topological polar surface area (TPSA) is 23.6 Å². The minimum atomic E-state index is -0.566. The smallest absolute Gasteiger partial charge is 0.245 e. The van der Waals surface area contributed by atoms with E-state index in [1.54, 1.807) is 0 Å². The highest BCUT2D eigenvalue weighted by atomic mass is 35.5. The fraction of sp³-hybridized carbons (Fsp3) is 0.533. The lowest BCUT2D eigenvalue weighted by atomic mass is 10.1. The molecule has 0 radical (unpaired) electrons. The Bertz CT molecular complexity index is 421. The molecular weight excluding hydrogens is 260 g/mol. The van der Waals surface area contributed by atoms with Gasteiger partial charge in [0.2, 0.25) is 5.91 Å². The monoisotopic (exact) mass is 280 g/mol. The van der Waals surface area contributed by atoms with Gasteiger partial charge in [-0.15, -0.1) is 11.6 Å². The molecule has 0 bridgehead atoms. The molecule has 0 spiro atoms. The molecule has 2 rings (SSSR count). The van der Waals surface area contributed by atoms with Crippen molar-refractivity contribution in [1.29, 1.82) is 0 Å². The van der Waals surface area contributed by atoms with Gasteiger partial charge in [0.15, 0.2) is 0 Å². The van der Waals surface area contributed by atoms with Gasteiger partial charge in [-0.25, -0.2) is 0 Å². The molecule has 104 valence electrons. The number of hydrogen-bond acceptors (Lipinski definition) is 2. The maximum absolute atomic E-state index is 12.5. The van der Waals surface area contributed by atoms with Gasteiger partial charge in [-0.1, -0.05) is 30.3 Å². The Morgan fingerprint density at radius 1 is 1.42 bits per heavy atom. The van der Waals surface area contributed by atoms with Gasteiger partial charge in [-0.2, -0.15) is 0 Å². The summed E-state index contributed by atoms with van der Waals surface area (Å²) in [5, 5.41) is -0.566. The summed E-state index contributed by atoms with van der Waals surface area (Å²) < 4.78 is 0. The molecule has 1 heterocycles. The Hall–Kier alpha value is -1.06. The van der Waals surface area contributed by atoms with E-state index in [4.69, 9.17) is 11.6 Å². The van der Waals surface area contributed by atoms with E-state index in [0.717, 1.165) is 31.5 Å². The first-order chi connectivity index (χ1) is 9.09. The second kappa shape index (κ2) is 6.40. The van der Waals surface area contributed by atoms with E-state index in [-0.39, 0.29) is 5.91 Å². The largest absolute Gasteiger partial charge is 0.337 e. The fourth-order valence-electron chi connectivity index (χ4n) is 2.65. The third kappa shape index (κ3) is 3.48. The summed E-state index contributed by atoms with van der Waals surface area (Å²) in [6.45, 7) is 1.73. The molecule has 1 fully saturated rings. The van der Waals surface area contributed by atoms with Crippen LogP contribution in [0.15, 0.2) is 30.3 Å². The van der Waals surface area contributed by atoms with Gasteiger partial charge >= 0.3 is 0 Å². The molecule has 1 aromatic rings. The molecule has 2 atom stereocenters. The molecule has 0 N–H and O–H groups in total. The van der Waals surface area contributed by atoms with Crippen molar-refractivity contribution in [3.8, 4) is 0 Å². The van der Waals surface area contributed by atoms with Crippen LogP contribution in [-0.2, 0) is 4.79 Å². The molecule has 3 nitrogen and oxygen atoms in total. The average Bonchev–Trinajstić information content (AvgIpc) is 2.85. The number of likely N-dealkylation sites (N-methyl/N-ethyl adjacent to an activating group) is 1. The van der Waals surface area contributed by atoms with Crippen LogP contribution in [0.2, 0.25) is 0 Å². The average molecular weight is 281 g/mol. The molecule has 0 aromatic heterocycles. The maximum Gasteiger partial charge on any atom is 0.245 e. The Morgan fingerprint density at radius 2 is 2.11 bits per heavy atom. The number of carbonyl (C=O) groups is 1. The quantitative estimate of drug-likeness (QED) is 0.792. The Kier molecular flexibility index (Phi) is 4.83. The van der Waals surface area contributed by atoms with Crippen LogP contribution >= 0.6 is 11.6 Å². The number of carbonyl (C=O) groups excluding carboxylic acids is 1. The summed E-state index contributed by atoms with van der Waals surface area (Å²) in [6.07, 6.45) is 2.14. The van der Waals surface area contributed by atoms with Crippen LogP contribution < -0.4 is 0 Å². The molecule has 19 heavy (non-hydrogen) atoms. The summed E-state index contributed by atoms with van der Waals surface area (Å²) in [4.78, 5) is 16.6. The SMILES string of the molecule is CN(C)CC1CCCN1C(=O)C(Cl)c1ccccc1. The highest BCUT2D eigenvalue weighted by molar-refractivity contribution is 6.30. The van der Waals surface area contributed by atoms with E-state index < -0.39 is 5.38 Å². The molecule has 1 amide bonds. The molecule has 1 aliphatic heterocycles. The predicted octanol–water partition coefficient (Wildman–Crippen LogP) is 2.52. The summed E-state index contributed by atoms with van der Waals surface area (Å²) in [5.74, 6) is 0.0391. The minimum Gasteiger partial charge on any atom is -0.337 e. The van der Waals surface area contributed by atoms with Gasteiger partial charge in [0.1, 0.15) is 5.38 Å². The third-order valence-electron chi connectivity index (χ3n) is 3.55. The number of benzene rings is 1. The van der Waals surface area contributed by atoms with Crippen LogP contribution in [0.5, 0.6) is 0 Å². The van der Waals surface area contributed by atoms with Gasteiger partial charge in [-0.05, 0) is 32.5 Å². The number of nitrogens with zero attached hydrogens (tertiary/aromatic N) is 2. The highest BCUT2D eigenvalue weighted by Gasteiger charge is 2.32. The predicted molar refractivity (Wildman–Crippen MR) is 78.3 cm³/mol. The van der Waals surface area contributed by atoms with E-state index in [1.807, 2.05) is 49.3 Å². The number of hydrogen-bond donors (Lipinski definition) is 0. The van der Waals surface area contributed by atoms with E-state index >= 15 is 0 Å². The van der Waals surface area contributed by atoms with Crippen molar-refractivity contribution < 1.29 is 4.79 Å². The minimum absolute atomic E-state index is 0.0391. The first-order valence-corrected chi connectivity index (χ1v) is 7.17. The first-order valence-electron chi connectivity index (χ1n) is 6.74. The molecule has 1 saturated heterocycles. The molecule has 4 heteroatoms. The van der Waals surface area contributed by atoms with Crippen molar-refractivity contribution in [2.75, 3.05) is 27.2 Å². The molecule has 1 aromatic carbocycles. The first kappa shape index (κ1) is 14.4. The summed E-state index contributed by atoms with van der Waals surface area (Å²) >= 11 is 6.33. The second-order valence-corrected chi connectivity index (χ2v) is 5.80. The Morgan fingerprint density at radius 3 is 2.74 bits per heavy atom. The Balaban J connectivity index is 2.06. The molecule has 1 aliphatic rings. The van der Waals surface area contributed by atoms with Gasteiger partial charge in [0.05, 0.1) is 0 Å². The molecule has 0 saturated carbocycles. The number of halogens is 1. The van der Waals surface area contributed by atoms with Crippen molar-refractivity contribution in [3.63, 3.8) is 0 Å². The van der Waals surface area contributed by atoms with Crippen LogP contribution in [0.4, 0.5) is 0 Å². The zero-order valence-corrected chi connectivity index (χ0v) is 12.3. The van der Waals surface area contributed by atoms with E-state index in [2.05, 4.69) is 4.90 Å². The second-order valence-electron chi connectivity index (χ2n) is 5.36. The number of amides is 1. The van der Waals surface area contributed by atoms with E-state index in [0.29, 0.717) is 6.04 Å². The number of likely N-dealkylation sites (tertiary alicyclic amines) is 1. The van der Waals surface area contributed by atoms with E-state index in [9.17, 15) is 4.79 Å². The highest BCUT2D eigenvalue weighted by Crippen LogP contribution is 2.27. The third-order valence-corrected chi connectivity index (χ3v) is 3.98. The van der Waals surface area contributed by atoms with Crippen molar-refractivity contribution in [2.45, 2.75) is 24.3 Å². The van der Waals surface area contributed by atoms with Crippen molar-refractivity contribution in [1.82, 2.24) is 9.80 Å². The maximum atomic E-state index is 12.5. The van der Waals surface area contributed by atoms with Gasteiger partial charge in [-0.3, -0.25) is 4.79 Å². The summed E-state index contributed by atoms with van der Waals surface area (Å²) in [7, 11) is 4.08. The lowest BCUT2D eigenvalue weighted by Crippen LogP contribution is -2.42. The van der Waals surface area contributed by atoms with Crippen LogP contribution in [0.25, 0.3) is 0 Å². The zero-order chi connectivity index (χ0) is 13.8. The molecular formula is C15H21ClN2O. The van der Waals surface area contributed by atoms with Gasteiger partial charge in [0.25, 0.3) is 0 Å². The van der Waals surface area contributed by atoms with Crippen LogP contribution in [0.3, 0.4) is 0 Å². The lowest BCUT2D eigenvalue weighted by molar-refractivity contribution is -0.131. The molecule has 2 unspecified atom stereocenters. The van der Waals surface area contributed by atoms with Crippen molar-refractivity contribution in [2.24, 2.45) is 0 Å². The van der Waals surface area contributed by atoms with Crippen molar-refractivity contribution >= 4 is 17.5 Å². The lowest BCUT2D eigenvalue weighted by Gasteiger charge is -2.28. The van der Waals surface area contributed by atoms with E-state index in [1.165, 1.54) is 0 Å². The van der Waals surface area contributed by atoms with Gasteiger partial charge < -0.3 is 9.80 Å². The van der Waals surface area contributed by atoms with Crippen molar-refractivity contribution in [3.05, 3.63) is 35.9 Å². The normalized spacial score (nSPS) is 20.8. The standard InChI is InChI=1S/C15H21ClN2O/c1-17(2)11-13-9-6-10-18(13)15(19)14(16)12-7-4-3-5-8-12/h3-5,7-8,13-14H,6,9-11H2,1-2H3. The van der Waals surface area contributed by atoms with Crippen LogP contribution in [0, 0.1) is 0 Å².